The van der Waals surface area contributed by atoms with E-state index in [0.717, 1.165) is 24.9 Å². The van der Waals surface area contributed by atoms with Crippen LogP contribution in [-0.2, 0) is 10.0 Å². The molecule has 0 aromatic heterocycles. The Bertz CT molecular complexity index is 851. The normalized spacial score (nSPS) is 18.3. The fraction of sp³-hybridized carbons (Fsp3) is 0.316. The van der Waals surface area contributed by atoms with E-state index in [1.807, 2.05) is 37.3 Å². The van der Waals surface area contributed by atoms with E-state index in [0.29, 0.717) is 12.1 Å². The molecule has 26 heavy (non-hydrogen) atoms. The Morgan fingerprint density at radius 3 is 2.38 bits per heavy atom. The fourth-order valence-corrected chi connectivity index (χ4v) is 4.76. The highest BCUT2D eigenvalue weighted by atomic mass is 32.2. The van der Waals surface area contributed by atoms with Gasteiger partial charge in [-0.3, -0.25) is 15.6 Å². The van der Waals surface area contributed by atoms with E-state index < -0.39 is 10.0 Å². The van der Waals surface area contributed by atoms with E-state index in [-0.39, 0.29) is 16.8 Å². The van der Waals surface area contributed by atoms with Crippen LogP contribution in [0.3, 0.4) is 0 Å². The van der Waals surface area contributed by atoms with E-state index >= 15 is 0 Å². The highest BCUT2D eigenvalue weighted by molar-refractivity contribution is 7.89. The standard InChI is InChI=1S/C19H23N3O3S/c1-15-7-5-6-14-22(15)26(24,25)18-12-10-16(11-13-18)19(23)21-20-17-8-3-2-4-9-17/h2-4,8-13,15,20H,5-7,14H2,1H3,(H,21,23). The van der Waals surface area contributed by atoms with Crippen LogP contribution in [0.1, 0.15) is 36.5 Å². The lowest BCUT2D eigenvalue weighted by Crippen LogP contribution is -2.41. The Morgan fingerprint density at radius 2 is 1.73 bits per heavy atom. The summed E-state index contributed by atoms with van der Waals surface area (Å²) >= 11 is 0. The molecule has 0 aliphatic carbocycles. The van der Waals surface area contributed by atoms with E-state index in [1.165, 1.54) is 24.3 Å². The maximum absolute atomic E-state index is 12.8. The number of anilines is 1. The molecule has 1 unspecified atom stereocenters. The second kappa shape index (κ2) is 7.88. The first kappa shape index (κ1) is 18.4. The molecule has 2 aromatic rings. The van der Waals surface area contributed by atoms with Gasteiger partial charge in [-0.25, -0.2) is 8.42 Å². The van der Waals surface area contributed by atoms with Crippen molar-refractivity contribution in [2.75, 3.05) is 12.0 Å². The van der Waals surface area contributed by atoms with Gasteiger partial charge in [-0.05, 0) is 56.2 Å². The van der Waals surface area contributed by atoms with Gasteiger partial charge >= 0.3 is 0 Å². The molecule has 138 valence electrons. The summed E-state index contributed by atoms with van der Waals surface area (Å²) in [7, 11) is -3.52. The predicted octanol–water partition coefficient (Wildman–Crippen LogP) is 3.01. The lowest BCUT2D eigenvalue weighted by Gasteiger charge is -2.32. The summed E-state index contributed by atoms with van der Waals surface area (Å²) < 4.78 is 27.2. The molecule has 1 heterocycles. The summed E-state index contributed by atoms with van der Waals surface area (Å²) in [6, 6.07) is 15.3. The third kappa shape index (κ3) is 4.05. The van der Waals surface area contributed by atoms with Crippen molar-refractivity contribution >= 4 is 21.6 Å². The zero-order valence-electron chi connectivity index (χ0n) is 14.7. The number of nitrogens with zero attached hydrogens (tertiary/aromatic N) is 1. The highest BCUT2D eigenvalue weighted by Gasteiger charge is 2.30. The number of carbonyl (C=O) groups excluding carboxylic acids is 1. The Kier molecular flexibility index (Phi) is 5.58. The molecule has 2 aromatic carbocycles. The summed E-state index contributed by atoms with van der Waals surface area (Å²) in [4.78, 5) is 12.4. The largest absolute Gasteiger partial charge is 0.298 e. The van der Waals surface area contributed by atoms with Crippen molar-refractivity contribution in [1.29, 1.82) is 0 Å². The SMILES string of the molecule is CC1CCCCN1S(=O)(=O)c1ccc(C(=O)NNc2ccccc2)cc1. The van der Waals surface area contributed by atoms with E-state index in [9.17, 15) is 13.2 Å². The van der Waals surface area contributed by atoms with Gasteiger partial charge in [0.2, 0.25) is 10.0 Å². The van der Waals surface area contributed by atoms with Crippen LogP contribution in [-0.4, -0.2) is 31.2 Å². The molecule has 1 atom stereocenters. The average molecular weight is 373 g/mol. The van der Waals surface area contributed by atoms with Gasteiger partial charge in [0.15, 0.2) is 0 Å². The number of rotatable bonds is 5. The van der Waals surface area contributed by atoms with Crippen molar-refractivity contribution in [1.82, 2.24) is 9.73 Å². The zero-order chi connectivity index (χ0) is 18.6. The Balaban J connectivity index is 1.68. The maximum atomic E-state index is 12.8. The lowest BCUT2D eigenvalue weighted by molar-refractivity contribution is 0.0962. The van der Waals surface area contributed by atoms with Gasteiger partial charge in [0, 0.05) is 18.2 Å². The first-order valence-electron chi connectivity index (χ1n) is 8.72. The number of hydrogen-bond acceptors (Lipinski definition) is 4. The second-order valence-corrected chi connectivity index (χ2v) is 8.32. The van der Waals surface area contributed by atoms with Crippen LogP contribution in [0, 0.1) is 0 Å². The molecule has 1 fully saturated rings. The summed E-state index contributed by atoms with van der Waals surface area (Å²) in [5.41, 5.74) is 6.57. The van der Waals surface area contributed by atoms with Gasteiger partial charge in [-0.15, -0.1) is 0 Å². The summed E-state index contributed by atoms with van der Waals surface area (Å²) in [5.74, 6) is -0.329. The van der Waals surface area contributed by atoms with Crippen LogP contribution in [0.15, 0.2) is 59.5 Å². The molecular formula is C19H23N3O3S. The van der Waals surface area contributed by atoms with Crippen molar-refractivity contribution in [3.8, 4) is 0 Å². The second-order valence-electron chi connectivity index (χ2n) is 6.43. The number of amides is 1. The fourth-order valence-electron chi connectivity index (χ4n) is 3.07. The molecular weight excluding hydrogens is 350 g/mol. The summed E-state index contributed by atoms with van der Waals surface area (Å²) in [5, 5.41) is 0. The minimum atomic E-state index is -3.52. The minimum absolute atomic E-state index is 0.00629. The monoisotopic (exact) mass is 373 g/mol. The molecule has 1 aliphatic rings. The Labute approximate surface area is 154 Å². The van der Waals surface area contributed by atoms with Crippen LogP contribution < -0.4 is 10.9 Å². The minimum Gasteiger partial charge on any atom is -0.298 e. The van der Waals surface area contributed by atoms with Crippen molar-refractivity contribution in [2.45, 2.75) is 37.1 Å². The molecule has 2 N–H and O–H groups in total. The third-order valence-corrected chi connectivity index (χ3v) is 6.59. The Hall–Kier alpha value is -2.38. The first-order valence-corrected chi connectivity index (χ1v) is 10.2. The number of piperidine rings is 1. The van der Waals surface area contributed by atoms with E-state index in [4.69, 9.17) is 0 Å². The first-order chi connectivity index (χ1) is 12.5. The summed E-state index contributed by atoms with van der Waals surface area (Å²) in [6.07, 6.45) is 2.82. The van der Waals surface area contributed by atoms with Gasteiger partial charge in [0.1, 0.15) is 0 Å². The molecule has 1 aliphatic heterocycles. The number of para-hydroxylation sites is 1. The quantitative estimate of drug-likeness (QED) is 0.790. The molecule has 1 amide bonds. The Morgan fingerprint density at radius 1 is 1.04 bits per heavy atom. The highest BCUT2D eigenvalue weighted by Crippen LogP contribution is 2.25. The third-order valence-electron chi connectivity index (χ3n) is 4.56. The topological polar surface area (TPSA) is 78.5 Å². The summed E-state index contributed by atoms with van der Waals surface area (Å²) in [6.45, 7) is 2.49. The molecule has 6 nitrogen and oxygen atoms in total. The lowest BCUT2D eigenvalue weighted by atomic mass is 10.1. The number of nitrogens with one attached hydrogen (secondary N) is 2. The molecule has 7 heteroatoms. The van der Waals surface area contributed by atoms with Gasteiger partial charge in [0.25, 0.3) is 5.91 Å². The molecule has 0 radical (unpaired) electrons. The van der Waals surface area contributed by atoms with Gasteiger partial charge in [-0.2, -0.15) is 4.31 Å². The molecule has 3 rings (SSSR count). The van der Waals surface area contributed by atoms with Crippen LogP contribution >= 0.6 is 0 Å². The van der Waals surface area contributed by atoms with Gasteiger partial charge in [0.05, 0.1) is 10.6 Å². The van der Waals surface area contributed by atoms with Crippen LogP contribution in [0.2, 0.25) is 0 Å². The number of benzene rings is 2. The number of sulfonamides is 1. The maximum Gasteiger partial charge on any atom is 0.269 e. The molecule has 1 saturated heterocycles. The van der Waals surface area contributed by atoms with Crippen molar-refractivity contribution < 1.29 is 13.2 Å². The van der Waals surface area contributed by atoms with Crippen molar-refractivity contribution in [3.05, 3.63) is 60.2 Å². The molecule has 0 bridgehead atoms. The number of carbonyl (C=O) groups is 1. The smallest absolute Gasteiger partial charge is 0.269 e. The van der Waals surface area contributed by atoms with Gasteiger partial charge < -0.3 is 0 Å². The van der Waals surface area contributed by atoms with Crippen molar-refractivity contribution in [2.24, 2.45) is 0 Å². The molecule has 0 saturated carbocycles. The van der Waals surface area contributed by atoms with Crippen LogP contribution in [0.5, 0.6) is 0 Å². The van der Waals surface area contributed by atoms with Crippen LogP contribution in [0.4, 0.5) is 5.69 Å². The molecule has 0 spiro atoms. The predicted molar refractivity (Wildman–Crippen MR) is 101 cm³/mol. The zero-order valence-corrected chi connectivity index (χ0v) is 15.5. The van der Waals surface area contributed by atoms with E-state index in [1.54, 1.807) is 4.31 Å². The van der Waals surface area contributed by atoms with Crippen molar-refractivity contribution in [3.63, 3.8) is 0 Å². The van der Waals surface area contributed by atoms with Gasteiger partial charge in [-0.1, -0.05) is 24.6 Å². The number of hydrazine groups is 1. The van der Waals surface area contributed by atoms with E-state index in [2.05, 4.69) is 10.9 Å². The average Bonchev–Trinajstić information content (AvgIpc) is 2.67. The number of hydrogen-bond donors (Lipinski definition) is 2. The van der Waals surface area contributed by atoms with Crippen LogP contribution in [0.25, 0.3) is 0 Å².